The fraction of sp³-hybridized carbons (Fsp3) is 0.423. The molecular weight excluding hydrogens is 388 g/mol. The minimum absolute atomic E-state index is 0.138. The number of rotatable bonds is 6. The molecule has 0 saturated heterocycles. The molecule has 5 nitrogen and oxygen atoms in total. The van der Waals surface area contributed by atoms with Crippen LogP contribution in [0, 0.1) is 5.92 Å². The van der Waals surface area contributed by atoms with Crippen molar-refractivity contribution in [3.63, 3.8) is 0 Å². The highest BCUT2D eigenvalue weighted by molar-refractivity contribution is 5.83. The van der Waals surface area contributed by atoms with Crippen LogP contribution in [-0.4, -0.2) is 29.1 Å². The Kier molecular flexibility index (Phi) is 5.83. The van der Waals surface area contributed by atoms with E-state index in [2.05, 4.69) is 34.3 Å². The summed E-state index contributed by atoms with van der Waals surface area (Å²) in [6.07, 6.45) is 9.73. The van der Waals surface area contributed by atoms with E-state index in [1.165, 1.54) is 23.8 Å². The number of nitrogens with one attached hydrogen (secondary N) is 1. The number of amides is 1. The van der Waals surface area contributed by atoms with Crippen LogP contribution in [0.1, 0.15) is 49.7 Å². The first-order valence-electron chi connectivity index (χ1n) is 11.5. The van der Waals surface area contributed by atoms with Gasteiger partial charge in [0.05, 0.1) is 0 Å². The highest BCUT2D eigenvalue weighted by Crippen LogP contribution is 2.36. The normalized spacial score (nSPS) is 16.4. The van der Waals surface area contributed by atoms with Crippen LogP contribution in [0.3, 0.4) is 0 Å². The minimum atomic E-state index is 0.138. The van der Waals surface area contributed by atoms with Gasteiger partial charge in [-0.15, -0.1) is 0 Å². The van der Waals surface area contributed by atoms with Gasteiger partial charge >= 0.3 is 0 Å². The maximum Gasteiger partial charge on any atom is 0.231 e. The number of carbonyl (C=O) groups is 1. The van der Waals surface area contributed by atoms with E-state index in [1.807, 2.05) is 24.3 Å². The van der Waals surface area contributed by atoms with Crippen LogP contribution in [0.5, 0.6) is 11.5 Å². The lowest BCUT2D eigenvalue weighted by molar-refractivity contribution is -0.136. The summed E-state index contributed by atoms with van der Waals surface area (Å²) in [6.45, 7) is 1.50. The van der Waals surface area contributed by atoms with Crippen molar-refractivity contribution in [3.8, 4) is 11.5 Å². The summed E-state index contributed by atoms with van der Waals surface area (Å²) in [5.74, 6) is 1.99. The van der Waals surface area contributed by atoms with E-state index >= 15 is 0 Å². The first kappa shape index (κ1) is 20.0. The third kappa shape index (κ3) is 4.27. The number of aromatic amines is 1. The molecular formula is C26H30N2O3. The van der Waals surface area contributed by atoms with Crippen LogP contribution in [0.25, 0.3) is 10.9 Å². The van der Waals surface area contributed by atoms with Crippen molar-refractivity contribution >= 4 is 16.8 Å². The van der Waals surface area contributed by atoms with Crippen LogP contribution in [-0.2, 0) is 17.8 Å². The zero-order valence-electron chi connectivity index (χ0n) is 17.9. The fourth-order valence-electron chi connectivity index (χ4n) is 4.97. The van der Waals surface area contributed by atoms with Crippen LogP contribution in [0.15, 0.2) is 48.7 Å². The molecule has 0 radical (unpaired) electrons. The fourth-order valence-corrected chi connectivity index (χ4v) is 4.97. The third-order valence-electron chi connectivity index (χ3n) is 6.68. The number of ether oxygens (including phenoxy) is 2. The molecule has 0 unspecified atom stereocenters. The molecule has 0 atom stereocenters. The summed E-state index contributed by atoms with van der Waals surface area (Å²) in [7, 11) is 0. The molecule has 1 N–H and O–H groups in total. The quantitative estimate of drug-likeness (QED) is 0.543. The molecule has 0 spiro atoms. The Morgan fingerprint density at radius 2 is 1.81 bits per heavy atom. The summed E-state index contributed by atoms with van der Waals surface area (Å²) in [5, 5.41) is 1.24. The third-order valence-corrected chi connectivity index (χ3v) is 6.68. The molecule has 0 bridgehead atoms. The number of nitrogens with zero attached hydrogens (tertiary/aromatic N) is 1. The summed E-state index contributed by atoms with van der Waals surface area (Å²) in [6, 6.07) is 14.3. The molecule has 2 heterocycles. The average molecular weight is 419 g/mol. The SMILES string of the molecule is O=C(C1CCCCCC1)N(CCc1c[nH]c2ccccc12)Cc1cccc2c1OCO2. The van der Waals surface area contributed by atoms with Crippen molar-refractivity contribution in [2.45, 2.75) is 51.5 Å². The standard InChI is InChI=1S/C26H30N2O3/c29-26(19-8-3-1-2-4-9-19)28(17-21-10-7-13-24-25(21)31-18-30-24)15-14-20-16-27-23-12-6-5-11-22(20)23/h5-7,10-13,16,19,27H,1-4,8-9,14-15,17-18H2. The molecule has 2 aliphatic rings. The van der Waals surface area contributed by atoms with Crippen molar-refractivity contribution in [1.82, 2.24) is 9.88 Å². The van der Waals surface area contributed by atoms with E-state index in [9.17, 15) is 4.79 Å². The second-order valence-corrected chi connectivity index (χ2v) is 8.71. The molecule has 2 aromatic carbocycles. The molecule has 1 aliphatic heterocycles. The van der Waals surface area contributed by atoms with Gasteiger partial charge in [0.15, 0.2) is 11.5 Å². The summed E-state index contributed by atoms with van der Waals surface area (Å²) in [5.41, 5.74) is 3.42. The molecule has 162 valence electrons. The first-order valence-corrected chi connectivity index (χ1v) is 11.5. The zero-order chi connectivity index (χ0) is 21.0. The van der Waals surface area contributed by atoms with Gasteiger partial charge in [-0.25, -0.2) is 0 Å². The van der Waals surface area contributed by atoms with E-state index in [0.29, 0.717) is 19.0 Å². The van der Waals surface area contributed by atoms with E-state index in [4.69, 9.17) is 9.47 Å². The van der Waals surface area contributed by atoms with Gasteiger partial charge < -0.3 is 19.4 Å². The molecule has 3 aromatic rings. The van der Waals surface area contributed by atoms with Gasteiger partial charge in [0, 0.05) is 41.7 Å². The van der Waals surface area contributed by atoms with Gasteiger partial charge in [0.25, 0.3) is 0 Å². The van der Waals surface area contributed by atoms with Crippen LogP contribution >= 0.6 is 0 Å². The topological polar surface area (TPSA) is 54.6 Å². The molecule has 1 fully saturated rings. The molecule has 5 heteroatoms. The lowest BCUT2D eigenvalue weighted by Crippen LogP contribution is -2.37. The first-order chi connectivity index (χ1) is 15.3. The molecule has 1 aliphatic carbocycles. The highest BCUT2D eigenvalue weighted by atomic mass is 16.7. The monoisotopic (exact) mass is 418 g/mol. The predicted octanol–water partition coefficient (Wildman–Crippen LogP) is 5.44. The van der Waals surface area contributed by atoms with Crippen LogP contribution < -0.4 is 9.47 Å². The van der Waals surface area contributed by atoms with E-state index in [1.54, 1.807) is 0 Å². The lowest BCUT2D eigenvalue weighted by atomic mass is 9.98. The van der Waals surface area contributed by atoms with Gasteiger partial charge in [-0.2, -0.15) is 0 Å². The van der Waals surface area contributed by atoms with Crippen molar-refractivity contribution in [2.24, 2.45) is 5.92 Å². The molecule has 31 heavy (non-hydrogen) atoms. The van der Waals surface area contributed by atoms with Crippen molar-refractivity contribution in [1.29, 1.82) is 0 Å². The largest absolute Gasteiger partial charge is 0.454 e. The number of benzene rings is 2. The van der Waals surface area contributed by atoms with Crippen molar-refractivity contribution in [2.75, 3.05) is 13.3 Å². The number of aromatic nitrogens is 1. The molecule has 1 saturated carbocycles. The minimum Gasteiger partial charge on any atom is -0.454 e. The van der Waals surface area contributed by atoms with E-state index in [0.717, 1.165) is 54.7 Å². The van der Waals surface area contributed by atoms with Gasteiger partial charge in [0.2, 0.25) is 12.7 Å². The summed E-state index contributed by atoms with van der Waals surface area (Å²) in [4.78, 5) is 19.0. The average Bonchev–Trinajstić information content (AvgIpc) is 3.36. The Morgan fingerprint density at radius 3 is 2.68 bits per heavy atom. The zero-order valence-corrected chi connectivity index (χ0v) is 17.9. The van der Waals surface area contributed by atoms with Gasteiger partial charge in [-0.1, -0.05) is 56.0 Å². The Hall–Kier alpha value is -2.95. The summed E-state index contributed by atoms with van der Waals surface area (Å²) < 4.78 is 11.3. The second-order valence-electron chi connectivity index (χ2n) is 8.71. The Bertz CT molecular complexity index is 1050. The van der Waals surface area contributed by atoms with Gasteiger partial charge in [-0.3, -0.25) is 4.79 Å². The number of fused-ring (bicyclic) bond motifs is 2. The number of para-hydroxylation sites is 2. The number of hydrogen-bond donors (Lipinski definition) is 1. The smallest absolute Gasteiger partial charge is 0.231 e. The number of hydrogen-bond acceptors (Lipinski definition) is 3. The van der Waals surface area contributed by atoms with E-state index in [-0.39, 0.29) is 12.7 Å². The Morgan fingerprint density at radius 1 is 0.968 bits per heavy atom. The molecule has 1 aromatic heterocycles. The number of H-pyrrole nitrogens is 1. The van der Waals surface area contributed by atoms with Crippen LogP contribution in [0.4, 0.5) is 0 Å². The van der Waals surface area contributed by atoms with Crippen LogP contribution in [0.2, 0.25) is 0 Å². The van der Waals surface area contributed by atoms with E-state index < -0.39 is 0 Å². The van der Waals surface area contributed by atoms with Gasteiger partial charge in [0.1, 0.15) is 0 Å². The van der Waals surface area contributed by atoms with Crippen molar-refractivity contribution < 1.29 is 14.3 Å². The number of carbonyl (C=O) groups excluding carboxylic acids is 1. The maximum atomic E-state index is 13.6. The second kappa shape index (κ2) is 9.04. The predicted molar refractivity (Wildman–Crippen MR) is 121 cm³/mol. The van der Waals surface area contributed by atoms with Crippen molar-refractivity contribution in [3.05, 3.63) is 59.8 Å². The summed E-state index contributed by atoms with van der Waals surface area (Å²) >= 11 is 0. The molecule has 1 amide bonds. The molecule has 5 rings (SSSR count). The lowest BCUT2D eigenvalue weighted by Gasteiger charge is -2.27. The highest BCUT2D eigenvalue weighted by Gasteiger charge is 2.27. The Labute approximate surface area is 183 Å². The Balaban J connectivity index is 1.38. The van der Waals surface area contributed by atoms with Gasteiger partial charge in [-0.05, 0) is 37.0 Å². The maximum absolute atomic E-state index is 13.6.